The van der Waals surface area contributed by atoms with Gasteiger partial charge in [-0.1, -0.05) is 29.8 Å². The molecule has 1 N–H and O–H groups in total. The summed E-state index contributed by atoms with van der Waals surface area (Å²) in [6.45, 7) is 0. The van der Waals surface area contributed by atoms with Crippen LogP contribution >= 0.6 is 11.6 Å². The van der Waals surface area contributed by atoms with Crippen LogP contribution in [-0.4, -0.2) is 25.0 Å². The van der Waals surface area contributed by atoms with Gasteiger partial charge in [-0.25, -0.2) is 0 Å². The summed E-state index contributed by atoms with van der Waals surface area (Å²) in [6.07, 6.45) is 3.20. The van der Waals surface area contributed by atoms with Gasteiger partial charge < -0.3 is 15.0 Å². The van der Waals surface area contributed by atoms with Crippen LogP contribution in [0, 0.1) is 0 Å². The van der Waals surface area contributed by atoms with E-state index in [1.54, 1.807) is 49.7 Å². The van der Waals surface area contributed by atoms with Crippen molar-refractivity contribution in [2.45, 2.75) is 0 Å². The molecular formula is C20H18ClN3O2. The first-order chi connectivity index (χ1) is 12.6. The van der Waals surface area contributed by atoms with E-state index in [9.17, 15) is 4.79 Å². The summed E-state index contributed by atoms with van der Waals surface area (Å²) in [7, 11) is 3.30. The Hall–Kier alpha value is -3.05. The molecule has 132 valence electrons. The molecule has 0 atom stereocenters. The molecule has 3 rings (SSSR count). The van der Waals surface area contributed by atoms with E-state index < -0.39 is 0 Å². The summed E-state index contributed by atoms with van der Waals surface area (Å²) in [5.74, 6) is 0.462. The largest absolute Gasteiger partial charge is 0.495 e. The SMILES string of the molecule is COc1ccc(Nc2cncc(C(=O)N(C)c3ccccc3)c2)cc1Cl. The van der Waals surface area contributed by atoms with Gasteiger partial charge in [-0.2, -0.15) is 0 Å². The Morgan fingerprint density at radius 2 is 1.85 bits per heavy atom. The normalized spacial score (nSPS) is 10.3. The van der Waals surface area contributed by atoms with E-state index in [4.69, 9.17) is 16.3 Å². The van der Waals surface area contributed by atoms with Gasteiger partial charge in [-0.15, -0.1) is 0 Å². The van der Waals surface area contributed by atoms with Crippen LogP contribution in [0.5, 0.6) is 5.75 Å². The van der Waals surface area contributed by atoms with E-state index in [1.165, 1.54) is 0 Å². The van der Waals surface area contributed by atoms with Crippen molar-refractivity contribution in [1.29, 1.82) is 0 Å². The molecule has 0 fully saturated rings. The molecule has 2 aromatic carbocycles. The van der Waals surface area contributed by atoms with Crippen molar-refractivity contribution in [3.8, 4) is 5.75 Å². The Bertz CT molecular complexity index is 916. The van der Waals surface area contributed by atoms with Crippen molar-refractivity contribution in [3.05, 3.63) is 77.6 Å². The van der Waals surface area contributed by atoms with Gasteiger partial charge in [0.05, 0.1) is 29.6 Å². The van der Waals surface area contributed by atoms with Crippen LogP contribution in [0.25, 0.3) is 0 Å². The minimum Gasteiger partial charge on any atom is -0.495 e. The fourth-order valence-corrected chi connectivity index (χ4v) is 2.76. The zero-order chi connectivity index (χ0) is 18.5. The number of aromatic nitrogens is 1. The Morgan fingerprint density at radius 1 is 1.08 bits per heavy atom. The van der Waals surface area contributed by atoms with Crippen LogP contribution < -0.4 is 15.0 Å². The smallest absolute Gasteiger partial charge is 0.259 e. The molecule has 0 saturated heterocycles. The Labute approximate surface area is 157 Å². The molecule has 0 saturated carbocycles. The second-order valence-corrected chi connectivity index (χ2v) is 6.04. The molecule has 0 bridgehead atoms. The van der Waals surface area contributed by atoms with E-state index in [0.717, 1.165) is 11.4 Å². The van der Waals surface area contributed by atoms with Gasteiger partial charge in [0.25, 0.3) is 5.91 Å². The number of amides is 1. The summed E-state index contributed by atoms with van der Waals surface area (Å²) < 4.78 is 5.15. The lowest BCUT2D eigenvalue weighted by molar-refractivity contribution is 0.0992. The molecule has 1 heterocycles. The van der Waals surface area contributed by atoms with Gasteiger partial charge in [-0.05, 0) is 36.4 Å². The molecule has 0 aliphatic rings. The maximum atomic E-state index is 12.7. The summed E-state index contributed by atoms with van der Waals surface area (Å²) in [5.41, 5.74) is 2.77. The number of benzene rings is 2. The average molecular weight is 368 g/mol. The molecule has 6 heteroatoms. The molecule has 0 aliphatic heterocycles. The highest BCUT2D eigenvalue weighted by molar-refractivity contribution is 6.32. The van der Waals surface area contributed by atoms with Crippen LogP contribution in [-0.2, 0) is 0 Å². The summed E-state index contributed by atoms with van der Waals surface area (Å²) in [6, 6.07) is 16.6. The van der Waals surface area contributed by atoms with Crippen molar-refractivity contribution >= 4 is 34.6 Å². The fourth-order valence-electron chi connectivity index (χ4n) is 2.50. The lowest BCUT2D eigenvalue weighted by Gasteiger charge is -2.17. The zero-order valence-corrected chi connectivity index (χ0v) is 15.2. The lowest BCUT2D eigenvalue weighted by Crippen LogP contribution is -2.26. The summed E-state index contributed by atoms with van der Waals surface area (Å²) in [5, 5.41) is 3.70. The van der Waals surface area contributed by atoms with Crippen molar-refractivity contribution in [2.24, 2.45) is 0 Å². The number of nitrogens with zero attached hydrogens (tertiary/aromatic N) is 2. The predicted octanol–water partition coefficient (Wildman–Crippen LogP) is 4.76. The minimum absolute atomic E-state index is 0.139. The number of carbonyl (C=O) groups is 1. The van der Waals surface area contributed by atoms with Gasteiger partial charge in [0.1, 0.15) is 5.75 Å². The van der Waals surface area contributed by atoms with Gasteiger partial charge in [0.2, 0.25) is 0 Å². The lowest BCUT2D eigenvalue weighted by atomic mass is 10.2. The average Bonchev–Trinajstić information content (AvgIpc) is 2.68. The maximum absolute atomic E-state index is 12.7. The number of carbonyl (C=O) groups excluding carboxylic acids is 1. The molecule has 1 amide bonds. The second kappa shape index (κ2) is 7.89. The van der Waals surface area contributed by atoms with Crippen LogP contribution in [0.4, 0.5) is 17.1 Å². The third-order valence-electron chi connectivity index (χ3n) is 3.87. The van der Waals surface area contributed by atoms with E-state index in [-0.39, 0.29) is 5.91 Å². The number of halogens is 1. The number of rotatable bonds is 5. The first-order valence-corrected chi connectivity index (χ1v) is 8.35. The number of anilines is 3. The standard InChI is InChI=1S/C20H18ClN3O2/c1-24(17-6-4-3-5-7-17)20(25)14-10-16(13-22-12-14)23-15-8-9-19(26-2)18(21)11-15/h3-13,23H,1-2H3. The zero-order valence-electron chi connectivity index (χ0n) is 14.4. The number of nitrogens with one attached hydrogen (secondary N) is 1. The topological polar surface area (TPSA) is 54.5 Å². The number of ether oxygens (including phenoxy) is 1. The molecule has 0 radical (unpaired) electrons. The van der Waals surface area contributed by atoms with Gasteiger partial charge in [0, 0.05) is 24.6 Å². The number of pyridine rings is 1. The molecule has 5 nitrogen and oxygen atoms in total. The highest BCUT2D eigenvalue weighted by Crippen LogP contribution is 2.29. The molecule has 3 aromatic rings. The summed E-state index contributed by atoms with van der Waals surface area (Å²) >= 11 is 6.15. The van der Waals surface area contributed by atoms with E-state index >= 15 is 0 Å². The molecular weight excluding hydrogens is 350 g/mol. The highest BCUT2D eigenvalue weighted by atomic mass is 35.5. The first-order valence-electron chi connectivity index (χ1n) is 7.97. The highest BCUT2D eigenvalue weighted by Gasteiger charge is 2.14. The molecule has 0 spiro atoms. The number of methoxy groups -OCH3 is 1. The Morgan fingerprint density at radius 3 is 2.54 bits per heavy atom. The number of hydrogen-bond donors (Lipinski definition) is 1. The Balaban J connectivity index is 1.80. The predicted molar refractivity (Wildman–Crippen MR) is 105 cm³/mol. The molecule has 0 unspecified atom stereocenters. The van der Waals surface area contributed by atoms with Gasteiger partial charge >= 0.3 is 0 Å². The number of para-hydroxylation sites is 1. The maximum Gasteiger partial charge on any atom is 0.259 e. The second-order valence-electron chi connectivity index (χ2n) is 5.64. The van der Waals surface area contributed by atoms with Crippen LogP contribution in [0.3, 0.4) is 0 Å². The minimum atomic E-state index is -0.139. The van der Waals surface area contributed by atoms with E-state index in [1.807, 2.05) is 36.4 Å². The van der Waals surface area contributed by atoms with Crippen molar-refractivity contribution < 1.29 is 9.53 Å². The van der Waals surface area contributed by atoms with E-state index in [0.29, 0.717) is 22.0 Å². The third-order valence-corrected chi connectivity index (χ3v) is 4.17. The van der Waals surface area contributed by atoms with Gasteiger partial charge in [0.15, 0.2) is 0 Å². The van der Waals surface area contributed by atoms with Crippen molar-refractivity contribution in [3.63, 3.8) is 0 Å². The molecule has 0 aliphatic carbocycles. The summed E-state index contributed by atoms with van der Waals surface area (Å²) in [4.78, 5) is 18.5. The van der Waals surface area contributed by atoms with Crippen molar-refractivity contribution in [2.75, 3.05) is 24.4 Å². The first kappa shape index (κ1) is 17.8. The third kappa shape index (κ3) is 3.95. The molecule has 26 heavy (non-hydrogen) atoms. The van der Waals surface area contributed by atoms with Gasteiger partial charge in [-0.3, -0.25) is 9.78 Å². The van der Waals surface area contributed by atoms with Crippen LogP contribution in [0.1, 0.15) is 10.4 Å². The van der Waals surface area contributed by atoms with Crippen LogP contribution in [0.2, 0.25) is 5.02 Å². The molecule has 1 aromatic heterocycles. The van der Waals surface area contributed by atoms with Crippen molar-refractivity contribution in [1.82, 2.24) is 4.98 Å². The van der Waals surface area contributed by atoms with E-state index in [2.05, 4.69) is 10.3 Å². The Kier molecular flexibility index (Phi) is 5.39. The van der Waals surface area contributed by atoms with Crippen LogP contribution in [0.15, 0.2) is 67.0 Å². The monoisotopic (exact) mass is 367 g/mol. The quantitative estimate of drug-likeness (QED) is 0.706. The fraction of sp³-hybridized carbons (Fsp3) is 0.100. The number of hydrogen-bond acceptors (Lipinski definition) is 4.